The first-order chi connectivity index (χ1) is 7.13. The Labute approximate surface area is 96.8 Å². The number of aromatic amines is 1. The predicted molar refractivity (Wildman–Crippen MR) is 64.0 cm³/mol. The van der Waals surface area contributed by atoms with Gasteiger partial charge in [0.05, 0.1) is 20.9 Å². The Kier molecular flexibility index (Phi) is 2.72. The molecular weight excluding hydrogens is 233 g/mol. The largest absolute Gasteiger partial charge is 0.357 e. The molecule has 1 heterocycles. The maximum atomic E-state index is 11.8. The van der Waals surface area contributed by atoms with Crippen molar-refractivity contribution in [3.63, 3.8) is 0 Å². The SMILES string of the molecule is CCc1cc(=O)c2c(Cl)ccc(Cl)c2[nH]1. The highest BCUT2D eigenvalue weighted by Gasteiger charge is 2.08. The van der Waals surface area contributed by atoms with Gasteiger partial charge in [-0.3, -0.25) is 4.79 Å². The zero-order valence-corrected chi connectivity index (χ0v) is 9.62. The van der Waals surface area contributed by atoms with E-state index in [1.54, 1.807) is 18.2 Å². The summed E-state index contributed by atoms with van der Waals surface area (Å²) >= 11 is 12.0. The minimum absolute atomic E-state index is 0.0897. The summed E-state index contributed by atoms with van der Waals surface area (Å²) in [5.41, 5.74) is 1.39. The summed E-state index contributed by atoms with van der Waals surface area (Å²) in [6, 6.07) is 4.87. The fraction of sp³-hybridized carbons (Fsp3) is 0.182. The van der Waals surface area contributed by atoms with Crippen molar-refractivity contribution >= 4 is 34.1 Å². The molecule has 0 aliphatic rings. The van der Waals surface area contributed by atoms with E-state index in [-0.39, 0.29) is 5.43 Å². The molecule has 78 valence electrons. The van der Waals surface area contributed by atoms with Crippen molar-refractivity contribution in [2.75, 3.05) is 0 Å². The van der Waals surface area contributed by atoms with E-state index >= 15 is 0 Å². The molecule has 0 bridgehead atoms. The molecule has 0 atom stereocenters. The van der Waals surface area contributed by atoms with Crippen LogP contribution in [-0.4, -0.2) is 4.98 Å². The first kappa shape index (κ1) is 10.5. The molecule has 2 rings (SSSR count). The highest BCUT2D eigenvalue weighted by molar-refractivity contribution is 6.39. The van der Waals surface area contributed by atoms with Gasteiger partial charge < -0.3 is 4.98 Å². The zero-order chi connectivity index (χ0) is 11.0. The van der Waals surface area contributed by atoms with Gasteiger partial charge in [0.15, 0.2) is 5.43 Å². The number of aromatic nitrogens is 1. The first-order valence-electron chi connectivity index (χ1n) is 4.63. The van der Waals surface area contributed by atoms with Crippen molar-refractivity contribution in [1.82, 2.24) is 4.98 Å². The monoisotopic (exact) mass is 241 g/mol. The van der Waals surface area contributed by atoms with Crippen molar-refractivity contribution in [2.45, 2.75) is 13.3 Å². The summed E-state index contributed by atoms with van der Waals surface area (Å²) in [5, 5.41) is 1.40. The molecule has 2 nitrogen and oxygen atoms in total. The molecule has 1 aromatic carbocycles. The van der Waals surface area contributed by atoms with Crippen LogP contribution in [0.15, 0.2) is 23.0 Å². The van der Waals surface area contributed by atoms with Crippen LogP contribution in [-0.2, 0) is 6.42 Å². The van der Waals surface area contributed by atoms with E-state index in [2.05, 4.69) is 4.98 Å². The van der Waals surface area contributed by atoms with E-state index in [1.807, 2.05) is 6.92 Å². The number of rotatable bonds is 1. The molecule has 1 aromatic heterocycles. The third-order valence-corrected chi connectivity index (χ3v) is 2.95. The van der Waals surface area contributed by atoms with Gasteiger partial charge in [-0.15, -0.1) is 0 Å². The molecule has 15 heavy (non-hydrogen) atoms. The van der Waals surface area contributed by atoms with Gasteiger partial charge in [-0.25, -0.2) is 0 Å². The quantitative estimate of drug-likeness (QED) is 0.816. The average molecular weight is 242 g/mol. The number of hydrogen-bond donors (Lipinski definition) is 1. The fourth-order valence-electron chi connectivity index (χ4n) is 1.53. The Balaban J connectivity index is 2.97. The number of pyridine rings is 1. The van der Waals surface area contributed by atoms with Crippen LogP contribution in [0.1, 0.15) is 12.6 Å². The molecule has 0 saturated heterocycles. The van der Waals surface area contributed by atoms with Crippen LogP contribution in [0.3, 0.4) is 0 Å². The zero-order valence-electron chi connectivity index (χ0n) is 8.10. The Hall–Kier alpha value is -0.990. The van der Waals surface area contributed by atoms with Crippen molar-refractivity contribution in [2.24, 2.45) is 0 Å². The van der Waals surface area contributed by atoms with Gasteiger partial charge in [0.1, 0.15) is 0 Å². The average Bonchev–Trinajstić information content (AvgIpc) is 2.23. The van der Waals surface area contributed by atoms with Crippen molar-refractivity contribution in [3.8, 4) is 0 Å². The van der Waals surface area contributed by atoms with Gasteiger partial charge in [0.25, 0.3) is 0 Å². The standard InChI is InChI=1S/C11H9Cl2NO/c1-2-6-5-9(15)10-7(12)3-4-8(13)11(10)14-6/h3-5H,2H2,1H3,(H,14,15). The van der Waals surface area contributed by atoms with Crippen LogP contribution >= 0.6 is 23.2 Å². The summed E-state index contributed by atoms with van der Waals surface area (Å²) in [7, 11) is 0. The van der Waals surface area contributed by atoms with Gasteiger partial charge in [-0.2, -0.15) is 0 Å². The van der Waals surface area contributed by atoms with E-state index in [1.165, 1.54) is 0 Å². The molecule has 0 aliphatic carbocycles. The molecule has 0 aliphatic heterocycles. The topological polar surface area (TPSA) is 32.9 Å². The van der Waals surface area contributed by atoms with Crippen LogP contribution in [0.4, 0.5) is 0 Å². The number of H-pyrrole nitrogens is 1. The lowest BCUT2D eigenvalue weighted by Crippen LogP contribution is -2.05. The second kappa shape index (κ2) is 3.87. The normalized spacial score (nSPS) is 10.9. The summed E-state index contributed by atoms with van der Waals surface area (Å²) in [6.45, 7) is 1.97. The summed E-state index contributed by atoms with van der Waals surface area (Å²) in [6.07, 6.45) is 0.758. The summed E-state index contributed by atoms with van der Waals surface area (Å²) < 4.78 is 0. The minimum Gasteiger partial charge on any atom is -0.357 e. The molecule has 0 spiro atoms. The highest BCUT2D eigenvalue weighted by atomic mass is 35.5. The smallest absolute Gasteiger partial charge is 0.191 e. The van der Waals surface area contributed by atoms with Crippen LogP contribution in [0.2, 0.25) is 10.0 Å². The van der Waals surface area contributed by atoms with Crippen molar-refractivity contribution < 1.29 is 0 Å². The number of hydrogen-bond acceptors (Lipinski definition) is 1. The highest BCUT2D eigenvalue weighted by Crippen LogP contribution is 2.25. The number of halogens is 2. The van der Waals surface area contributed by atoms with Crippen LogP contribution in [0, 0.1) is 0 Å². The number of aryl methyl sites for hydroxylation is 1. The maximum absolute atomic E-state index is 11.8. The molecule has 0 amide bonds. The molecule has 0 saturated carbocycles. The summed E-state index contributed by atoms with van der Waals surface area (Å²) in [4.78, 5) is 14.9. The lowest BCUT2D eigenvalue weighted by atomic mass is 10.2. The second-order valence-electron chi connectivity index (χ2n) is 3.29. The predicted octanol–water partition coefficient (Wildman–Crippen LogP) is 3.40. The third kappa shape index (κ3) is 1.75. The van der Waals surface area contributed by atoms with Crippen LogP contribution < -0.4 is 5.43 Å². The van der Waals surface area contributed by atoms with E-state index in [9.17, 15) is 4.79 Å². The molecule has 4 heteroatoms. The number of nitrogens with one attached hydrogen (secondary N) is 1. The van der Waals surface area contributed by atoms with E-state index in [4.69, 9.17) is 23.2 Å². The van der Waals surface area contributed by atoms with Crippen LogP contribution in [0.25, 0.3) is 10.9 Å². The Morgan fingerprint density at radius 3 is 2.60 bits per heavy atom. The lowest BCUT2D eigenvalue weighted by molar-refractivity contribution is 1.05. The van der Waals surface area contributed by atoms with Crippen molar-refractivity contribution in [1.29, 1.82) is 0 Å². The van der Waals surface area contributed by atoms with Gasteiger partial charge in [0, 0.05) is 11.8 Å². The van der Waals surface area contributed by atoms with Crippen molar-refractivity contribution in [3.05, 3.63) is 44.2 Å². The van der Waals surface area contributed by atoms with Gasteiger partial charge >= 0.3 is 0 Å². The maximum Gasteiger partial charge on any atom is 0.191 e. The van der Waals surface area contributed by atoms with E-state index in [0.717, 1.165) is 12.1 Å². The van der Waals surface area contributed by atoms with Gasteiger partial charge in [-0.05, 0) is 18.6 Å². The molecule has 0 fully saturated rings. The minimum atomic E-state index is -0.0897. The Bertz CT molecular complexity index is 575. The van der Waals surface area contributed by atoms with Crippen LogP contribution in [0.5, 0.6) is 0 Å². The summed E-state index contributed by atoms with van der Waals surface area (Å²) in [5.74, 6) is 0. The number of benzene rings is 1. The Morgan fingerprint density at radius 1 is 1.27 bits per heavy atom. The van der Waals surface area contributed by atoms with Gasteiger partial charge in [-0.1, -0.05) is 30.1 Å². The molecular formula is C11H9Cl2NO. The molecule has 0 unspecified atom stereocenters. The molecule has 0 radical (unpaired) electrons. The number of fused-ring (bicyclic) bond motifs is 1. The first-order valence-corrected chi connectivity index (χ1v) is 5.39. The third-order valence-electron chi connectivity index (χ3n) is 2.32. The molecule has 1 N–H and O–H groups in total. The Morgan fingerprint density at radius 2 is 1.93 bits per heavy atom. The van der Waals surface area contributed by atoms with E-state index in [0.29, 0.717) is 20.9 Å². The second-order valence-corrected chi connectivity index (χ2v) is 4.11. The molecule has 2 aromatic rings. The fourth-order valence-corrected chi connectivity index (χ4v) is 1.99. The van der Waals surface area contributed by atoms with E-state index < -0.39 is 0 Å². The lowest BCUT2D eigenvalue weighted by Gasteiger charge is -2.05. The van der Waals surface area contributed by atoms with Gasteiger partial charge in [0.2, 0.25) is 0 Å².